The summed E-state index contributed by atoms with van der Waals surface area (Å²) < 4.78 is 0. The Labute approximate surface area is 232 Å². The van der Waals surface area contributed by atoms with Crippen molar-refractivity contribution in [3.05, 3.63) is 87.5 Å². The van der Waals surface area contributed by atoms with Gasteiger partial charge in [0, 0.05) is 0 Å². The van der Waals surface area contributed by atoms with Gasteiger partial charge in [0.1, 0.15) is 0 Å². The number of carboxylic acid groups (broad SMARTS) is 2. The van der Waals surface area contributed by atoms with Crippen molar-refractivity contribution in [3.63, 3.8) is 0 Å². The van der Waals surface area contributed by atoms with Crippen molar-refractivity contribution in [2.24, 2.45) is 0 Å². The van der Waals surface area contributed by atoms with Gasteiger partial charge in [0.15, 0.2) is 0 Å². The minimum absolute atomic E-state index is 0.0771. The molecule has 202 valence electrons. The molecule has 0 saturated carbocycles. The van der Waals surface area contributed by atoms with Gasteiger partial charge in [-0.05, 0) is 56.2 Å². The van der Waals surface area contributed by atoms with Gasteiger partial charge in [0.25, 0.3) is 0 Å². The maximum atomic E-state index is 12.1. The van der Waals surface area contributed by atoms with E-state index in [0.717, 1.165) is 27.5 Å². The SMILES string of the molecule is CC(C)(C)c1cc(C(C)(C)C)c(B2c3cc(C(=O)O)ccc3C=Cc3ccc(C(=O)O)cc32)c(C(C)(C)C)c1. The molecule has 0 spiro atoms. The maximum absolute atomic E-state index is 12.1. The number of rotatable bonds is 3. The molecule has 0 aliphatic carbocycles. The average molecular weight is 522 g/mol. The first-order valence-corrected chi connectivity index (χ1v) is 13.5. The fraction of sp³-hybridized carbons (Fsp3) is 0.353. The third kappa shape index (κ3) is 5.45. The summed E-state index contributed by atoms with van der Waals surface area (Å²) in [7, 11) is 0. The highest BCUT2D eigenvalue weighted by Crippen LogP contribution is 2.34. The molecule has 2 N–H and O–H groups in total. The van der Waals surface area contributed by atoms with E-state index in [-0.39, 0.29) is 34.1 Å². The van der Waals surface area contributed by atoms with Crippen LogP contribution in [-0.2, 0) is 16.2 Å². The monoisotopic (exact) mass is 522 g/mol. The van der Waals surface area contributed by atoms with Crippen molar-refractivity contribution < 1.29 is 19.8 Å². The maximum Gasteiger partial charge on any atom is 0.335 e. The molecule has 0 saturated heterocycles. The molecule has 0 aromatic heterocycles. The van der Waals surface area contributed by atoms with Crippen LogP contribution in [0.5, 0.6) is 0 Å². The second-order valence-corrected chi connectivity index (χ2v) is 13.8. The Morgan fingerprint density at radius 3 is 1.28 bits per heavy atom. The number of carboxylic acids is 2. The number of carbonyl (C=O) groups is 2. The van der Waals surface area contributed by atoms with Gasteiger partial charge in [-0.2, -0.15) is 0 Å². The fourth-order valence-corrected chi connectivity index (χ4v) is 5.52. The molecule has 3 aromatic rings. The summed E-state index contributed by atoms with van der Waals surface area (Å²) in [6.45, 7) is 19.6. The van der Waals surface area contributed by atoms with E-state index in [9.17, 15) is 19.8 Å². The van der Waals surface area contributed by atoms with Crippen molar-refractivity contribution in [3.8, 4) is 0 Å². The minimum atomic E-state index is -0.987. The van der Waals surface area contributed by atoms with Gasteiger partial charge in [-0.1, -0.05) is 127 Å². The summed E-state index contributed by atoms with van der Waals surface area (Å²) in [6, 6.07) is 15.2. The number of fused-ring (bicyclic) bond motifs is 2. The van der Waals surface area contributed by atoms with Crippen LogP contribution in [0.25, 0.3) is 12.2 Å². The molecule has 4 nitrogen and oxygen atoms in total. The van der Waals surface area contributed by atoms with E-state index in [1.165, 1.54) is 16.7 Å². The van der Waals surface area contributed by atoms with E-state index in [0.29, 0.717) is 0 Å². The zero-order valence-electron chi connectivity index (χ0n) is 24.6. The highest BCUT2D eigenvalue weighted by molar-refractivity contribution is 6.97. The van der Waals surface area contributed by atoms with Gasteiger partial charge in [0.2, 0.25) is 6.71 Å². The molecule has 4 rings (SSSR count). The quantitative estimate of drug-likeness (QED) is 0.325. The van der Waals surface area contributed by atoms with Crippen LogP contribution in [0.2, 0.25) is 0 Å². The molecular weight excluding hydrogens is 483 g/mol. The summed E-state index contributed by atoms with van der Waals surface area (Å²) in [5.41, 5.74) is 8.22. The number of aromatic carboxylic acids is 2. The lowest BCUT2D eigenvalue weighted by molar-refractivity contribution is 0.0686. The summed E-state index contributed by atoms with van der Waals surface area (Å²) in [6.07, 6.45) is 4.02. The van der Waals surface area contributed by atoms with Crippen LogP contribution < -0.4 is 16.4 Å². The highest BCUT2D eigenvalue weighted by Gasteiger charge is 2.38. The van der Waals surface area contributed by atoms with Gasteiger partial charge in [-0.25, -0.2) is 9.59 Å². The lowest BCUT2D eigenvalue weighted by Gasteiger charge is -2.36. The van der Waals surface area contributed by atoms with Crippen molar-refractivity contribution in [2.45, 2.75) is 78.6 Å². The van der Waals surface area contributed by atoms with E-state index < -0.39 is 11.9 Å². The van der Waals surface area contributed by atoms with Gasteiger partial charge in [0.05, 0.1) is 11.1 Å². The van der Waals surface area contributed by atoms with Crippen LogP contribution in [0.3, 0.4) is 0 Å². The summed E-state index contributed by atoms with van der Waals surface area (Å²) >= 11 is 0. The van der Waals surface area contributed by atoms with Crippen LogP contribution in [0.15, 0.2) is 48.5 Å². The van der Waals surface area contributed by atoms with Gasteiger partial charge >= 0.3 is 11.9 Å². The summed E-state index contributed by atoms with van der Waals surface area (Å²) in [5.74, 6) is -1.97. The lowest BCUT2D eigenvalue weighted by Crippen LogP contribution is -2.58. The molecule has 1 aliphatic rings. The second-order valence-electron chi connectivity index (χ2n) is 13.8. The zero-order chi connectivity index (χ0) is 29.1. The van der Waals surface area contributed by atoms with Crippen molar-refractivity contribution in [1.29, 1.82) is 0 Å². The molecule has 0 unspecified atom stereocenters. The first kappa shape index (κ1) is 28.4. The third-order valence-corrected chi connectivity index (χ3v) is 7.68. The number of hydrogen-bond donors (Lipinski definition) is 2. The second kappa shape index (κ2) is 9.55. The van der Waals surface area contributed by atoms with E-state index in [2.05, 4.69) is 74.4 Å². The topological polar surface area (TPSA) is 74.6 Å². The first-order valence-electron chi connectivity index (χ1n) is 13.5. The predicted molar refractivity (Wildman–Crippen MR) is 163 cm³/mol. The predicted octanol–water partition coefficient (Wildman–Crippen LogP) is 5.98. The van der Waals surface area contributed by atoms with Gasteiger partial charge in [-0.15, -0.1) is 0 Å². The van der Waals surface area contributed by atoms with E-state index in [1.54, 1.807) is 24.3 Å². The van der Waals surface area contributed by atoms with Crippen LogP contribution in [0.4, 0.5) is 0 Å². The van der Waals surface area contributed by atoms with Crippen LogP contribution in [0.1, 0.15) is 111 Å². The normalized spacial score (nSPS) is 13.5. The molecule has 0 bridgehead atoms. The number of benzene rings is 3. The molecule has 0 atom stereocenters. The summed E-state index contributed by atoms with van der Waals surface area (Å²) in [5, 5.41) is 19.8. The molecule has 1 aliphatic heterocycles. The number of hydrogen-bond acceptors (Lipinski definition) is 2. The molecule has 3 aromatic carbocycles. The van der Waals surface area contributed by atoms with Gasteiger partial charge < -0.3 is 10.2 Å². The highest BCUT2D eigenvalue weighted by atomic mass is 16.4. The molecule has 0 amide bonds. The minimum Gasteiger partial charge on any atom is -0.478 e. The molecule has 0 fully saturated rings. The Kier molecular flexibility index (Phi) is 6.96. The van der Waals surface area contributed by atoms with Crippen LogP contribution in [0, 0.1) is 0 Å². The Hall–Kier alpha value is -3.60. The van der Waals surface area contributed by atoms with Crippen molar-refractivity contribution in [2.75, 3.05) is 0 Å². The van der Waals surface area contributed by atoms with Crippen LogP contribution in [-0.4, -0.2) is 28.9 Å². The lowest BCUT2D eigenvalue weighted by atomic mass is 9.33. The van der Waals surface area contributed by atoms with E-state index in [1.807, 2.05) is 24.3 Å². The molecule has 0 radical (unpaired) electrons. The Bertz CT molecular complexity index is 1410. The van der Waals surface area contributed by atoms with Crippen molar-refractivity contribution in [1.82, 2.24) is 0 Å². The summed E-state index contributed by atoms with van der Waals surface area (Å²) in [4.78, 5) is 24.2. The smallest absolute Gasteiger partial charge is 0.335 e. The molecular formula is C34H39BO4. The Balaban J connectivity index is 2.25. The largest absolute Gasteiger partial charge is 0.478 e. The zero-order valence-corrected chi connectivity index (χ0v) is 24.6. The first-order chi connectivity index (χ1) is 17.9. The standard InChI is InChI=1S/C34H39BO4/c1-32(2,3)24-18-25(33(4,5)6)29(26(19-24)34(7,8)9)35-27-16-22(30(36)37)14-12-20(27)10-11-21-13-15-23(31(38)39)17-28(21)35/h10-19H,1-9H3,(H,36,37)(H,38,39). The third-order valence-electron chi connectivity index (χ3n) is 7.68. The van der Waals surface area contributed by atoms with Crippen LogP contribution >= 0.6 is 0 Å². The Morgan fingerprint density at radius 1 is 0.590 bits per heavy atom. The molecule has 1 heterocycles. The van der Waals surface area contributed by atoms with E-state index in [4.69, 9.17) is 0 Å². The Morgan fingerprint density at radius 2 is 0.974 bits per heavy atom. The van der Waals surface area contributed by atoms with E-state index >= 15 is 0 Å². The van der Waals surface area contributed by atoms with Gasteiger partial charge in [-0.3, -0.25) is 0 Å². The molecule has 5 heteroatoms. The fourth-order valence-electron chi connectivity index (χ4n) is 5.52. The van der Waals surface area contributed by atoms with Crippen molar-refractivity contribution >= 4 is 47.2 Å². The molecule has 39 heavy (non-hydrogen) atoms. The average Bonchev–Trinajstić information content (AvgIpc) is 2.97.